The quantitative estimate of drug-likeness (QED) is 0.876. The predicted octanol–water partition coefficient (Wildman–Crippen LogP) is 3.25. The molecular formula is C14H18N2S. The number of nitrogens with zero attached hydrogens (tertiary/aromatic N) is 1. The molecule has 2 rings (SSSR count). The minimum Gasteiger partial charge on any atom is -0.313 e. The van der Waals surface area contributed by atoms with Gasteiger partial charge in [-0.2, -0.15) is 11.8 Å². The fraction of sp³-hybridized carbons (Fsp3) is 0.357. The molecule has 0 aliphatic carbocycles. The molecule has 0 aliphatic heterocycles. The largest absolute Gasteiger partial charge is 0.313 e. The molecule has 0 fully saturated rings. The van der Waals surface area contributed by atoms with Crippen LogP contribution in [0.25, 0.3) is 10.9 Å². The lowest BCUT2D eigenvalue weighted by molar-refractivity contribution is 0.584. The third-order valence-electron chi connectivity index (χ3n) is 3.00. The summed E-state index contributed by atoms with van der Waals surface area (Å²) in [5, 5.41) is 4.61. The highest BCUT2D eigenvalue weighted by atomic mass is 32.2. The van der Waals surface area contributed by atoms with E-state index in [4.69, 9.17) is 0 Å². The molecule has 17 heavy (non-hydrogen) atoms. The average Bonchev–Trinajstić information content (AvgIpc) is 2.40. The van der Waals surface area contributed by atoms with Crippen molar-refractivity contribution in [2.24, 2.45) is 0 Å². The monoisotopic (exact) mass is 246 g/mol. The number of para-hydroxylation sites is 1. The molecule has 1 N–H and O–H groups in total. The van der Waals surface area contributed by atoms with Crippen molar-refractivity contribution in [2.75, 3.05) is 19.1 Å². The van der Waals surface area contributed by atoms with E-state index in [1.165, 1.54) is 10.9 Å². The zero-order valence-corrected chi connectivity index (χ0v) is 11.1. The van der Waals surface area contributed by atoms with Crippen LogP contribution in [0.5, 0.6) is 0 Å². The Morgan fingerprint density at radius 3 is 2.88 bits per heavy atom. The number of benzene rings is 1. The van der Waals surface area contributed by atoms with E-state index in [1.54, 1.807) is 0 Å². The summed E-state index contributed by atoms with van der Waals surface area (Å²) in [5.41, 5.74) is 2.43. The van der Waals surface area contributed by atoms with E-state index in [0.717, 1.165) is 17.7 Å². The fourth-order valence-electron chi connectivity index (χ4n) is 2.10. The first-order valence-corrected chi connectivity index (χ1v) is 7.26. The third kappa shape index (κ3) is 2.79. The Morgan fingerprint density at radius 2 is 2.12 bits per heavy atom. The standard InChI is InChI=1S/C14H18N2S/c1-15-13(8-10-17-2)12-7-3-5-11-6-4-9-16-14(11)12/h3-7,9,13,15H,8,10H2,1-2H3. The molecular weight excluding hydrogens is 228 g/mol. The second kappa shape index (κ2) is 6.03. The number of hydrogen-bond donors (Lipinski definition) is 1. The minimum atomic E-state index is 0.390. The highest BCUT2D eigenvalue weighted by Crippen LogP contribution is 2.25. The maximum Gasteiger partial charge on any atom is 0.0749 e. The van der Waals surface area contributed by atoms with Crippen LogP contribution in [-0.4, -0.2) is 24.0 Å². The van der Waals surface area contributed by atoms with E-state index in [9.17, 15) is 0 Å². The van der Waals surface area contributed by atoms with Crippen LogP contribution in [0, 0.1) is 0 Å². The third-order valence-corrected chi connectivity index (χ3v) is 3.64. The van der Waals surface area contributed by atoms with Crippen LogP contribution in [0.4, 0.5) is 0 Å². The van der Waals surface area contributed by atoms with Crippen molar-refractivity contribution >= 4 is 22.7 Å². The maximum absolute atomic E-state index is 4.51. The van der Waals surface area contributed by atoms with Crippen LogP contribution in [0.2, 0.25) is 0 Å². The Balaban J connectivity index is 2.38. The summed E-state index contributed by atoms with van der Waals surface area (Å²) in [4.78, 5) is 4.51. The van der Waals surface area contributed by atoms with E-state index < -0.39 is 0 Å². The lowest BCUT2D eigenvalue weighted by atomic mass is 10.0. The summed E-state index contributed by atoms with van der Waals surface area (Å²) in [6, 6.07) is 10.9. The van der Waals surface area contributed by atoms with Crippen molar-refractivity contribution in [1.82, 2.24) is 10.3 Å². The van der Waals surface area contributed by atoms with Gasteiger partial charge in [-0.3, -0.25) is 4.98 Å². The molecule has 0 amide bonds. The van der Waals surface area contributed by atoms with Gasteiger partial charge in [0.05, 0.1) is 5.52 Å². The van der Waals surface area contributed by atoms with Crippen LogP contribution in [0.15, 0.2) is 36.5 Å². The summed E-state index contributed by atoms with van der Waals surface area (Å²) >= 11 is 1.88. The van der Waals surface area contributed by atoms with Gasteiger partial charge >= 0.3 is 0 Å². The van der Waals surface area contributed by atoms with Gasteiger partial charge in [-0.1, -0.05) is 24.3 Å². The van der Waals surface area contributed by atoms with Crippen LogP contribution < -0.4 is 5.32 Å². The van der Waals surface area contributed by atoms with Gasteiger partial charge < -0.3 is 5.32 Å². The summed E-state index contributed by atoms with van der Waals surface area (Å²) in [5.74, 6) is 1.16. The van der Waals surface area contributed by atoms with Crippen molar-refractivity contribution in [3.05, 3.63) is 42.1 Å². The molecule has 0 spiro atoms. The summed E-state index contributed by atoms with van der Waals surface area (Å²) in [6.45, 7) is 0. The highest BCUT2D eigenvalue weighted by Gasteiger charge is 2.12. The molecule has 3 heteroatoms. The number of rotatable bonds is 5. The molecule has 0 aliphatic rings. The van der Waals surface area contributed by atoms with E-state index in [0.29, 0.717) is 6.04 Å². The molecule has 1 heterocycles. The number of aromatic nitrogens is 1. The van der Waals surface area contributed by atoms with Crippen LogP contribution in [0.3, 0.4) is 0 Å². The maximum atomic E-state index is 4.51. The van der Waals surface area contributed by atoms with Crippen LogP contribution in [0.1, 0.15) is 18.0 Å². The van der Waals surface area contributed by atoms with Gasteiger partial charge in [-0.05, 0) is 37.1 Å². The first-order valence-electron chi connectivity index (χ1n) is 5.86. The van der Waals surface area contributed by atoms with Gasteiger partial charge in [0.1, 0.15) is 0 Å². The van der Waals surface area contributed by atoms with Crippen molar-refractivity contribution in [3.63, 3.8) is 0 Å². The van der Waals surface area contributed by atoms with Gasteiger partial charge in [0.15, 0.2) is 0 Å². The first kappa shape index (κ1) is 12.4. The van der Waals surface area contributed by atoms with Gasteiger partial charge in [-0.15, -0.1) is 0 Å². The minimum absolute atomic E-state index is 0.390. The van der Waals surface area contributed by atoms with Crippen molar-refractivity contribution < 1.29 is 0 Å². The number of pyridine rings is 1. The molecule has 2 aromatic rings. The van der Waals surface area contributed by atoms with Gasteiger partial charge in [-0.25, -0.2) is 0 Å². The SMILES string of the molecule is CNC(CCSC)c1cccc2cccnc12. The summed E-state index contributed by atoms with van der Waals surface area (Å²) in [7, 11) is 2.02. The zero-order valence-electron chi connectivity index (χ0n) is 10.3. The second-order valence-corrected chi connectivity index (χ2v) is 5.03. The topological polar surface area (TPSA) is 24.9 Å². The average molecular weight is 246 g/mol. The lowest BCUT2D eigenvalue weighted by Crippen LogP contribution is -2.17. The van der Waals surface area contributed by atoms with E-state index in [1.807, 2.05) is 31.1 Å². The van der Waals surface area contributed by atoms with Gasteiger partial charge in [0, 0.05) is 17.6 Å². The zero-order chi connectivity index (χ0) is 12.1. The van der Waals surface area contributed by atoms with Crippen LogP contribution in [-0.2, 0) is 0 Å². The van der Waals surface area contributed by atoms with E-state index in [2.05, 4.69) is 40.8 Å². The second-order valence-electron chi connectivity index (χ2n) is 4.05. The van der Waals surface area contributed by atoms with Crippen LogP contribution >= 0.6 is 11.8 Å². The fourth-order valence-corrected chi connectivity index (χ4v) is 2.57. The van der Waals surface area contributed by atoms with Crippen molar-refractivity contribution in [3.8, 4) is 0 Å². The number of hydrogen-bond acceptors (Lipinski definition) is 3. The Hall–Kier alpha value is -1.06. The highest BCUT2D eigenvalue weighted by molar-refractivity contribution is 7.98. The molecule has 0 saturated carbocycles. The normalized spacial score (nSPS) is 12.8. The van der Waals surface area contributed by atoms with Gasteiger partial charge in [0.2, 0.25) is 0 Å². The Morgan fingerprint density at radius 1 is 1.29 bits per heavy atom. The molecule has 1 atom stereocenters. The molecule has 0 bridgehead atoms. The molecule has 1 aromatic heterocycles. The first-order chi connectivity index (χ1) is 8.36. The molecule has 2 nitrogen and oxygen atoms in total. The summed E-state index contributed by atoms with van der Waals surface area (Å²) in [6.07, 6.45) is 5.15. The molecule has 90 valence electrons. The van der Waals surface area contributed by atoms with E-state index in [-0.39, 0.29) is 0 Å². The lowest BCUT2D eigenvalue weighted by Gasteiger charge is -2.17. The van der Waals surface area contributed by atoms with Crippen molar-refractivity contribution in [1.29, 1.82) is 0 Å². The molecule has 0 radical (unpaired) electrons. The number of nitrogens with one attached hydrogen (secondary N) is 1. The number of thioether (sulfide) groups is 1. The molecule has 1 unspecified atom stereocenters. The Labute approximate surface area is 107 Å². The van der Waals surface area contributed by atoms with Crippen molar-refractivity contribution in [2.45, 2.75) is 12.5 Å². The smallest absolute Gasteiger partial charge is 0.0749 e. The molecule has 1 aromatic carbocycles. The Bertz CT molecular complexity index is 479. The predicted molar refractivity (Wildman–Crippen MR) is 76.5 cm³/mol. The summed E-state index contributed by atoms with van der Waals surface area (Å²) < 4.78 is 0. The van der Waals surface area contributed by atoms with Gasteiger partial charge in [0.25, 0.3) is 0 Å². The van der Waals surface area contributed by atoms with E-state index >= 15 is 0 Å². The number of fused-ring (bicyclic) bond motifs is 1. The Kier molecular flexibility index (Phi) is 4.40. The molecule has 0 saturated heterocycles.